The number of carbonyl (C=O) groups is 7. The Balaban J connectivity index is 0. The molecule has 0 bridgehead atoms. The Bertz CT molecular complexity index is 1580. The summed E-state index contributed by atoms with van der Waals surface area (Å²) in [5.74, 6) is -2.21. The van der Waals surface area contributed by atoms with Crippen molar-refractivity contribution >= 4 is 41.9 Å². The van der Waals surface area contributed by atoms with Crippen molar-refractivity contribution in [1.82, 2.24) is 26.6 Å². The second-order valence-electron chi connectivity index (χ2n) is 20.2. The zero-order valence-corrected chi connectivity index (χ0v) is 53.5. The van der Waals surface area contributed by atoms with Gasteiger partial charge in [0.2, 0.25) is 24.1 Å². The second kappa shape index (κ2) is 71.1. The van der Waals surface area contributed by atoms with E-state index in [4.69, 9.17) is 67.1 Å². The van der Waals surface area contributed by atoms with Crippen LogP contribution in [-0.2, 0) is 90.4 Å². The molecule has 2 unspecified atom stereocenters. The maximum absolute atomic E-state index is 12.0. The monoisotopic (exact) mass is 1260 g/mol. The highest BCUT2D eigenvalue weighted by molar-refractivity contribution is 5.81. The molecular formula is C61H117N5O21. The molecule has 512 valence electrons. The average Bonchev–Trinajstić information content (AvgIpc) is 3.53. The lowest BCUT2D eigenvalue weighted by molar-refractivity contribution is -0.141. The molecule has 7 N–H and O–H groups in total. The smallest absolute Gasteiger partial charge is 0.326 e. The second-order valence-corrected chi connectivity index (χ2v) is 20.2. The van der Waals surface area contributed by atoms with Gasteiger partial charge in [0.05, 0.1) is 165 Å². The number of carbonyl (C=O) groups excluding carboxylic acids is 5. The number of nitrogens with one attached hydrogen (secondary N) is 5. The van der Waals surface area contributed by atoms with Gasteiger partial charge in [0.25, 0.3) is 0 Å². The molecule has 0 spiro atoms. The van der Waals surface area contributed by atoms with E-state index in [-0.39, 0.29) is 68.6 Å². The fourth-order valence-electron chi connectivity index (χ4n) is 7.85. The van der Waals surface area contributed by atoms with Crippen LogP contribution in [0.2, 0.25) is 0 Å². The molecule has 0 aliphatic carbocycles. The minimum absolute atomic E-state index is 0.00395. The Hall–Kier alpha value is -4.03. The molecule has 2 atom stereocenters. The van der Waals surface area contributed by atoms with Crippen LogP contribution in [0.25, 0.3) is 0 Å². The third kappa shape index (κ3) is 70.9. The molecule has 0 aromatic heterocycles. The minimum atomic E-state index is -1.20. The topological polar surface area (TPSA) is 331 Å². The Kier molecular flexibility index (Phi) is 69.4. The van der Waals surface area contributed by atoms with E-state index in [1.165, 1.54) is 70.6 Å². The van der Waals surface area contributed by atoms with Gasteiger partial charge in [-0.2, -0.15) is 0 Å². The average molecular weight is 1260 g/mol. The number of carboxylic acids is 2. The van der Waals surface area contributed by atoms with E-state index >= 15 is 0 Å². The number of aliphatic carboxylic acids is 2. The molecular weight excluding hydrogens is 1140 g/mol. The van der Waals surface area contributed by atoms with E-state index in [0.29, 0.717) is 178 Å². The van der Waals surface area contributed by atoms with Gasteiger partial charge in [-0.15, -0.1) is 0 Å². The predicted octanol–water partition coefficient (Wildman–Crippen LogP) is 4.58. The first-order valence-corrected chi connectivity index (χ1v) is 32.1. The molecule has 0 aliphatic rings. The third-order valence-electron chi connectivity index (χ3n) is 12.7. The number of likely N-dealkylation sites (N-methyl/N-ethyl adjacent to an activating group) is 1. The number of ketones is 1. The Labute approximate surface area is 519 Å². The van der Waals surface area contributed by atoms with Gasteiger partial charge in [0, 0.05) is 45.3 Å². The summed E-state index contributed by atoms with van der Waals surface area (Å²) in [7, 11) is 0. The Morgan fingerprint density at radius 2 is 0.678 bits per heavy atom. The molecule has 26 nitrogen and oxygen atoms in total. The van der Waals surface area contributed by atoms with Gasteiger partial charge in [0.15, 0.2) is 0 Å². The molecule has 0 radical (unpaired) electrons. The van der Waals surface area contributed by atoms with Crippen molar-refractivity contribution in [1.29, 1.82) is 0 Å². The summed E-state index contributed by atoms with van der Waals surface area (Å²) in [6.45, 7) is 17.3. The molecule has 4 amide bonds. The van der Waals surface area contributed by atoms with Crippen LogP contribution in [0, 0.1) is 0 Å². The first-order chi connectivity index (χ1) is 42.5. The minimum Gasteiger partial charge on any atom is -0.481 e. The SMILES string of the molecule is CCCCCCCCCCCCCCCC(=O)O.CCNC(CCCCNC(=O)CCOCCOCCOCCOCCOCCOCCNC(=O)CCOCCOCCOCCOCCOCCOCCNC(=O)CCC(NC=O)C(=O)O)C(C)=O. The third-order valence-corrected chi connectivity index (χ3v) is 12.7. The fraction of sp³-hybridized carbons (Fsp3) is 0.885. The highest BCUT2D eigenvalue weighted by Crippen LogP contribution is 2.13. The van der Waals surface area contributed by atoms with Gasteiger partial charge in [0.1, 0.15) is 11.8 Å². The van der Waals surface area contributed by atoms with Crippen molar-refractivity contribution in [3.8, 4) is 0 Å². The summed E-state index contributed by atoms with van der Waals surface area (Å²) in [6.07, 6.45) is 20.5. The van der Waals surface area contributed by atoms with Gasteiger partial charge in [-0.1, -0.05) is 90.9 Å². The largest absolute Gasteiger partial charge is 0.481 e. The molecule has 0 rings (SSSR count). The number of ether oxygens (including phenoxy) is 12. The lowest BCUT2D eigenvalue weighted by Gasteiger charge is -2.14. The quantitative estimate of drug-likeness (QED) is 0.0324. The van der Waals surface area contributed by atoms with Crippen molar-refractivity contribution in [3.05, 3.63) is 0 Å². The summed E-state index contributed by atoms with van der Waals surface area (Å²) in [5.41, 5.74) is 0. The highest BCUT2D eigenvalue weighted by atomic mass is 16.6. The molecule has 26 heteroatoms. The van der Waals surface area contributed by atoms with E-state index in [1.54, 1.807) is 6.92 Å². The molecule has 0 heterocycles. The maximum Gasteiger partial charge on any atom is 0.326 e. The Morgan fingerprint density at radius 1 is 0.356 bits per heavy atom. The van der Waals surface area contributed by atoms with Crippen molar-refractivity contribution in [2.24, 2.45) is 0 Å². The van der Waals surface area contributed by atoms with Crippen molar-refractivity contribution in [2.75, 3.05) is 185 Å². The summed E-state index contributed by atoms with van der Waals surface area (Å²) >= 11 is 0. The van der Waals surface area contributed by atoms with Gasteiger partial charge in [-0.25, -0.2) is 4.79 Å². The van der Waals surface area contributed by atoms with Crippen molar-refractivity contribution < 1.29 is 101 Å². The Morgan fingerprint density at radius 3 is 1.00 bits per heavy atom. The number of rotatable bonds is 70. The van der Waals surface area contributed by atoms with Crippen LogP contribution in [0.4, 0.5) is 0 Å². The van der Waals surface area contributed by atoms with E-state index in [9.17, 15) is 33.6 Å². The van der Waals surface area contributed by atoms with Crippen molar-refractivity contribution in [2.45, 2.75) is 168 Å². The first kappa shape index (κ1) is 85.0. The molecule has 0 aromatic rings. The van der Waals surface area contributed by atoms with Crippen molar-refractivity contribution in [3.63, 3.8) is 0 Å². The number of Topliss-reactive ketones (excluding diaryl/α,β-unsaturated/α-hetero) is 1. The molecule has 0 saturated carbocycles. The van der Waals surface area contributed by atoms with Crippen LogP contribution in [-0.4, -0.2) is 249 Å². The van der Waals surface area contributed by atoms with Crippen LogP contribution in [0.3, 0.4) is 0 Å². The van der Waals surface area contributed by atoms with Gasteiger partial charge >= 0.3 is 11.9 Å². The van der Waals surface area contributed by atoms with E-state index in [1.807, 2.05) is 6.92 Å². The molecule has 87 heavy (non-hydrogen) atoms. The van der Waals surface area contributed by atoms with E-state index < -0.39 is 18.0 Å². The van der Waals surface area contributed by atoms with Gasteiger partial charge in [-0.05, 0) is 45.6 Å². The zero-order valence-electron chi connectivity index (χ0n) is 53.5. The highest BCUT2D eigenvalue weighted by Gasteiger charge is 2.17. The van der Waals surface area contributed by atoms with Crippen LogP contribution in [0.1, 0.15) is 156 Å². The first-order valence-electron chi connectivity index (χ1n) is 32.1. The number of amides is 4. The molecule has 0 aromatic carbocycles. The zero-order chi connectivity index (χ0) is 64.0. The molecule has 0 saturated heterocycles. The van der Waals surface area contributed by atoms with Gasteiger partial charge < -0.3 is 93.6 Å². The fourth-order valence-corrected chi connectivity index (χ4v) is 7.85. The number of hydrogen-bond acceptors (Lipinski definition) is 20. The summed E-state index contributed by atoms with van der Waals surface area (Å²) in [6, 6.07) is -1.20. The van der Waals surface area contributed by atoms with Crippen LogP contribution in [0.5, 0.6) is 0 Å². The lowest BCUT2D eigenvalue weighted by atomic mass is 10.0. The molecule has 0 fully saturated rings. The van der Waals surface area contributed by atoms with E-state index in [2.05, 4.69) is 33.5 Å². The van der Waals surface area contributed by atoms with E-state index in [0.717, 1.165) is 38.6 Å². The number of unbranched alkanes of at least 4 members (excludes halogenated alkanes) is 13. The predicted molar refractivity (Wildman–Crippen MR) is 328 cm³/mol. The lowest BCUT2D eigenvalue weighted by Crippen LogP contribution is -2.37. The van der Waals surface area contributed by atoms with Crippen LogP contribution < -0.4 is 26.6 Å². The van der Waals surface area contributed by atoms with Crippen LogP contribution >= 0.6 is 0 Å². The number of carboxylic acid groups (broad SMARTS) is 2. The number of hydrogen-bond donors (Lipinski definition) is 7. The summed E-state index contributed by atoms with van der Waals surface area (Å²) in [5, 5.41) is 31.0. The molecule has 0 aliphatic heterocycles. The summed E-state index contributed by atoms with van der Waals surface area (Å²) < 4.78 is 65.4. The maximum atomic E-state index is 12.0. The normalized spacial score (nSPS) is 11.8. The van der Waals surface area contributed by atoms with Crippen LogP contribution in [0.15, 0.2) is 0 Å². The standard InChI is InChI=1S/C45H85N5O19.C16H32O2/c1-3-46-40(39(2)52)6-4-5-11-47-43(54)9-14-58-18-22-62-26-30-66-34-37-69-33-29-65-25-21-61-17-13-49-44(55)10-15-59-19-23-63-27-31-67-35-36-68-32-28-64-24-20-60-16-12-48-42(53)8-7-41(45(56)57)50-38-51;1-2-3-4-5-6-7-8-9-10-11-12-13-14-15-16(17)18/h38,40-41,46H,3-37H2,1-2H3,(H,47,54)(H,48,53)(H,49,55)(H,50,51)(H,56,57);2-15H2,1H3,(H,17,18). The summed E-state index contributed by atoms with van der Waals surface area (Å²) in [4.78, 5) is 78.8. The van der Waals surface area contributed by atoms with Gasteiger partial charge in [-0.3, -0.25) is 28.8 Å².